The van der Waals surface area contributed by atoms with E-state index >= 15 is 0 Å². The molecular formula is C24H39Si2Zr. The van der Waals surface area contributed by atoms with Gasteiger partial charge >= 0.3 is 26.2 Å². The van der Waals surface area contributed by atoms with E-state index in [2.05, 4.69) is 86.2 Å². The molecule has 0 spiro atoms. The molecule has 2 aliphatic carbocycles. The first-order valence-electron chi connectivity index (χ1n) is 9.38. The second kappa shape index (κ2) is 12.8. The Kier molecular flexibility index (Phi) is 13.9. The Morgan fingerprint density at radius 1 is 0.852 bits per heavy atom. The van der Waals surface area contributed by atoms with Crippen LogP contribution < -0.4 is 0 Å². The fourth-order valence-electron chi connectivity index (χ4n) is 2.40. The van der Waals surface area contributed by atoms with E-state index in [1.807, 2.05) is 0 Å². The molecular weight excluding hydrogens is 436 g/mol. The third-order valence-electron chi connectivity index (χ3n) is 4.57. The molecule has 1 saturated heterocycles. The number of hydrogen-bond acceptors (Lipinski definition) is 0. The quantitative estimate of drug-likeness (QED) is 0.279. The molecule has 1 fully saturated rings. The molecule has 27 heavy (non-hydrogen) atoms. The van der Waals surface area contributed by atoms with Crippen LogP contribution in [0.4, 0.5) is 0 Å². The first kappa shape index (κ1) is 29.5. The third-order valence-corrected chi connectivity index (χ3v) is 9.07. The first-order valence-corrected chi connectivity index (χ1v) is 13.5. The number of hydrogen-bond donors (Lipinski definition) is 0. The molecule has 0 saturated carbocycles. The normalized spacial score (nSPS) is 18.3. The van der Waals surface area contributed by atoms with Gasteiger partial charge in [-0.1, -0.05) is 67.5 Å². The van der Waals surface area contributed by atoms with E-state index in [4.69, 9.17) is 0 Å². The van der Waals surface area contributed by atoms with Crippen LogP contribution >= 0.6 is 0 Å². The third kappa shape index (κ3) is 12.4. The Hall–Kier alpha value is 0.277. The van der Waals surface area contributed by atoms with E-state index in [0.717, 1.165) is 21.9 Å². The average Bonchev–Trinajstić information content (AvgIpc) is 3.05. The summed E-state index contributed by atoms with van der Waals surface area (Å²) in [5.41, 5.74) is 6.28. The Balaban J connectivity index is 0. The minimum Gasteiger partial charge on any atom is -0.358 e. The van der Waals surface area contributed by atoms with Gasteiger partial charge in [-0.2, -0.15) is 20.2 Å². The summed E-state index contributed by atoms with van der Waals surface area (Å²) in [7, 11) is 1.37. The SMILES string of the molecule is CC1=[C-]CC(C(C)(C)C)=C1.CC1=[C-]CC(C(C)(C)C)=C1.[CH2-][Si][Si]1CC1.[CH3-].[Zr+4]. The summed E-state index contributed by atoms with van der Waals surface area (Å²) in [6, 6.07) is 3.12. The molecule has 147 valence electrons. The van der Waals surface area contributed by atoms with Gasteiger partial charge in [0.25, 0.3) is 0 Å². The Morgan fingerprint density at radius 3 is 1.26 bits per heavy atom. The van der Waals surface area contributed by atoms with Crippen LogP contribution in [0.3, 0.4) is 0 Å². The van der Waals surface area contributed by atoms with Crippen molar-refractivity contribution in [1.82, 2.24) is 0 Å². The minimum absolute atomic E-state index is 0. The maximum atomic E-state index is 3.82. The summed E-state index contributed by atoms with van der Waals surface area (Å²) >= 11 is 0. The fourth-order valence-corrected chi connectivity index (χ4v) is 5.44. The molecule has 0 amide bonds. The summed E-state index contributed by atoms with van der Waals surface area (Å²) in [6.07, 6.45) is 13.2. The Bertz CT molecular complexity index is 516. The predicted octanol–water partition coefficient (Wildman–Crippen LogP) is 7.16. The molecule has 3 rings (SSSR count). The van der Waals surface area contributed by atoms with Crippen LogP contribution in [-0.4, -0.2) is 17.4 Å². The topological polar surface area (TPSA) is 0 Å². The van der Waals surface area contributed by atoms with Crippen LogP contribution in [0.1, 0.15) is 68.2 Å². The molecule has 3 aliphatic rings. The minimum atomic E-state index is 0. The van der Waals surface area contributed by atoms with Crippen LogP contribution in [0.15, 0.2) is 34.4 Å². The summed E-state index contributed by atoms with van der Waals surface area (Å²) in [4.78, 5) is 0. The monoisotopic (exact) mass is 473 g/mol. The van der Waals surface area contributed by atoms with Crippen LogP contribution in [0, 0.1) is 37.0 Å². The van der Waals surface area contributed by atoms with E-state index < -0.39 is 0 Å². The molecule has 0 unspecified atom stereocenters. The van der Waals surface area contributed by atoms with Crippen molar-refractivity contribution < 1.29 is 26.2 Å². The molecule has 0 N–H and O–H groups in total. The molecule has 0 aromatic carbocycles. The van der Waals surface area contributed by atoms with Crippen LogP contribution in [-0.2, 0) is 26.2 Å². The summed E-state index contributed by atoms with van der Waals surface area (Å²) in [6.45, 7) is 21.5. The molecule has 0 aromatic rings. The largest absolute Gasteiger partial charge is 4.00 e. The summed E-state index contributed by atoms with van der Waals surface area (Å²) < 4.78 is 0. The first-order chi connectivity index (χ1) is 11.4. The van der Waals surface area contributed by atoms with Crippen molar-refractivity contribution in [2.45, 2.75) is 80.3 Å². The summed E-state index contributed by atoms with van der Waals surface area (Å²) in [5.74, 6) is 0. The van der Waals surface area contributed by atoms with Crippen LogP contribution in [0.2, 0.25) is 12.1 Å². The van der Waals surface area contributed by atoms with Gasteiger partial charge in [0.15, 0.2) is 0 Å². The fraction of sp³-hybridized carbons (Fsp3) is 0.583. The van der Waals surface area contributed by atoms with E-state index in [-0.39, 0.29) is 33.6 Å². The molecule has 1 aliphatic heterocycles. The molecule has 0 aromatic heterocycles. The van der Waals surface area contributed by atoms with E-state index in [1.54, 1.807) is 12.1 Å². The van der Waals surface area contributed by atoms with Crippen molar-refractivity contribution in [3.63, 3.8) is 0 Å². The molecule has 3 radical (unpaired) electrons. The van der Waals surface area contributed by atoms with Crippen LogP contribution in [0.25, 0.3) is 0 Å². The van der Waals surface area contributed by atoms with Crippen LogP contribution in [0.5, 0.6) is 0 Å². The van der Waals surface area contributed by atoms with Crippen molar-refractivity contribution in [3.8, 4) is 0 Å². The van der Waals surface area contributed by atoms with Crippen molar-refractivity contribution in [2.24, 2.45) is 10.8 Å². The number of allylic oxidation sites excluding steroid dienone is 8. The molecule has 3 heteroatoms. The van der Waals surface area contributed by atoms with E-state index in [1.165, 1.54) is 22.3 Å². The maximum Gasteiger partial charge on any atom is 4.00 e. The van der Waals surface area contributed by atoms with Gasteiger partial charge in [-0.3, -0.25) is 12.2 Å². The van der Waals surface area contributed by atoms with Crippen molar-refractivity contribution >= 4 is 17.4 Å². The van der Waals surface area contributed by atoms with Gasteiger partial charge in [-0.05, 0) is 19.1 Å². The van der Waals surface area contributed by atoms with Crippen molar-refractivity contribution in [1.29, 1.82) is 0 Å². The van der Waals surface area contributed by atoms with E-state index in [9.17, 15) is 0 Å². The van der Waals surface area contributed by atoms with Crippen molar-refractivity contribution in [2.75, 3.05) is 0 Å². The van der Waals surface area contributed by atoms with Gasteiger partial charge < -0.3 is 14.0 Å². The predicted molar refractivity (Wildman–Crippen MR) is 122 cm³/mol. The van der Waals surface area contributed by atoms with Gasteiger partial charge in [0.2, 0.25) is 0 Å². The Labute approximate surface area is 194 Å². The second-order valence-corrected chi connectivity index (χ2v) is 14.9. The van der Waals surface area contributed by atoms with Gasteiger partial charge in [-0.15, -0.1) is 12.8 Å². The van der Waals surface area contributed by atoms with Crippen molar-refractivity contribution in [3.05, 3.63) is 60.6 Å². The zero-order valence-electron chi connectivity index (χ0n) is 19.2. The zero-order chi connectivity index (χ0) is 19.3. The second-order valence-electron chi connectivity index (χ2n) is 9.19. The van der Waals surface area contributed by atoms with Gasteiger partial charge in [0, 0.05) is 0 Å². The molecule has 0 bridgehead atoms. The van der Waals surface area contributed by atoms with Gasteiger partial charge in [0.05, 0.1) is 0 Å². The number of rotatable bonds is 1. The van der Waals surface area contributed by atoms with E-state index in [0.29, 0.717) is 19.1 Å². The smallest absolute Gasteiger partial charge is 0.358 e. The average molecular weight is 475 g/mol. The molecule has 0 atom stereocenters. The zero-order valence-corrected chi connectivity index (χ0v) is 23.6. The molecule has 1 heterocycles. The summed E-state index contributed by atoms with van der Waals surface area (Å²) in [5, 5.41) is 0. The van der Waals surface area contributed by atoms with Gasteiger partial charge in [0.1, 0.15) is 0 Å². The Morgan fingerprint density at radius 2 is 1.19 bits per heavy atom. The maximum absolute atomic E-state index is 3.82. The standard InChI is InChI=1S/2C10H15.C3H6Si2.CH3.Zr/c2*1-8-5-6-9(7-8)10(2,3)4;1-4-5-2-3-5;;/h2*7H,6H2,1-4H3;1-3H2;1H3;/q4*-1;+4. The van der Waals surface area contributed by atoms with Gasteiger partial charge in [-0.25, -0.2) is 23.3 Å². The molecule has 0 nitrogen and oxygen atoms in total.